The monoisotopic (exact) mass is 518 g/mol. The molecule has 4 atom stereocenters. The highest BCUT2D eigenvalue weighted by Crippen LogP contribution is 2.61. The van der Waals surface area contributed by atoms with Crippen molar-refractivity contribution < 1.29 is 19.7 Å². The second-order valence-corrected chi connectivity index (χ2v) is 11.7. The van der Waals surface area contributed by atoms with Gasteiger partial charge in [-0.3, -0.25) is 9.69 Å². The van der Waals surface area contributed by atoms with E-state index in [0.717, 1.165) is 43.5 Å². The molecule has 2 N–H and O–H groups in total. The molecule has 1 unspecified atom stereocenters. The van der Waals surface area contributed by atoms with E-state index in [1.54, 1.807) is 13.2 Å². The van der Waals surface area contributed by atoms with Gasteiger partial charge in [0.05, 0.1) is 12.7 Å². The van der Waals surface area contributed by atoms with Gasteiger partial charge in [-0.2, -0.15) is 0 Å². The predicted molar refractivity (Wildman–Crippen MR) is 150 cm³/mol. The largest absolute Gasteiger partial charge is 0.504 e. The Balaban J connectivity index is 1.45. The number of carbonyl (C=O) groups excluding carboxylic acids is 1. The lowest BCUT2D eigenvalue weighted by Gasteiger charge is -2.65. The van der Waals surface area contributed by atoms with Gasteiger partial charge in [0.15, 0.2) is 11.5 Å². The lowest BCUT2D eigenvalue weighted by atomic mass is 9.48. The van der Waals surface area contributed by atoms with Gasteiger partial charge in [-0.1, -0.05) is 30.3 Å². The molecule has 0 spiro atoms. The van der Waals surface area contributed by atoms with E-state index in [0.29, 0.717) is 31.4 Å². The van der Waals surface area contributed by atoms with Crippen LogP contribution in [0.15, 0.2) is 43.0 Å². The Labute approximate surface area is 226 Å². The van der Waals surface area contributed by atoms with Gasteiger partial charge in [0, 0.05) is 43.1 Å². The number of hydrogen-bond donors (Lipinski definition) is 2. The number of aromatic hydroxyl groups is 1. The summed E-state index contributed by atoms with van der Waals surface area (Å²) in [5, 5.41) is 23.3. The third kappa shape index (κ3) is 4.13. The van der Waals surface area contributed by atoms with E-state index >= 15 is 0 Å². The van der Waals surface area contributed by atoms with Crippen molar-refractivity contribution in [2.24, 2.45) is 0 Å². The lowest BCUT2D eigenvalue weighted by Crippen LogP contribution is -2.74. The molecular formula is C32H42N2O4. The Morgan fingerprint density at radius 2 is 2.03 bits per heavy atom. The standard InChI is InChI=1S/C32H42N2O4/c1-6-16-34-17-15-31-20-25(33(4)28(36)12-9-23-8-7-21(2)22(3)18-23)13-14-32(31,37)27(34)19-24-10-11-26(35)30(38-5)29(24)31/h6-8,10-11,18,25,27,35,37H,1,9,12-17,19-20H2,2-5H3/t25?,27-,31-,32-/m1/s1. The lowest BCUT2D eigenvalue weighted by molar-refractivity contribution is -0.176. The summed E-state index contributed by atoms with van der Waals surface area (Å²) >= 11 is 0. The number of benzene rings is 2. The zero-order valence-corrected chi connectivity index (χ0v) is 23.3. The molecule has 2 fully saturated rings. The molecule has 2 aromatic carbocycles. The normalized spacial score (nSPS) is 28.2. The molecule has 6 heteroatoms. The van der Waals surface area contributed by atoms with Gasteiger partial charge in [-0.05, 0) is 87.2 Å². The molecule has 1 saturated carbocycles. The fourth-order valence-corrected chi connectivity index (χ4v) is 7.67. The average molecular weight is 519 g/mol. The van der Waals surface area contributed by atoms with Crippen LogP contribution in [0.2, 0.25) is 0 Å². The molecule has 0 aromatic heterocycles. The number of aliphatic hydroxyl groups is 1. The molecule has 2 aromatic rings. The molecule has 1 amide bonds. The number of ether oxygens (including phenoxy) is 1. The number of methoxy groups -OCH3 is 1. The summed E-state index contributed by atoms with van der Waals surface area (Å²) in [5.74, 6) is 0.713. The number of aryl methyl sites for hydroxylation is 3. The second-order valence-electron chi connectivity index (χ2n) is 11.7. The fraction of sp³-hybridized carbons (Fsp3) is 0.531. The van der Waals surface area contributed by atoms with Crippen molar-refractivity contribution in [3.63, 3.8) is 0 Å². The molecule has 1 saturated heterocycles. The van der Waals surface area contributed by atoms with E-state index in [1.165, 1.54) is 16.7 Å². The number of phenolic OH excluding ortho intramolecular Hbond substituents is 1. The Bertz CT molecular complexity index is 1240. The number of rotatable bonds is 7. The van der Waals surface area contributed by atoms with E-state index < -0.39 is 11.0 Å². The number of phenols is 1. The number of hydrogen-bond acceptors (Lipinski definition) is 5. The molecule has 1 aliphatic heterocycles. The summed E-state index contributed by atoms with van der Waals surface area (Å²) in [4.78, 5) is 17.7. The molecule has 6 nitrogen and oxygen atoms in total. The highest BCUT2D eigenvalue weighted by atomic mass is 16.5. The van der Waals surface area contributed by atoms with Crippen LogP contribution in [-0.2, 0) is 23.1 Å². The highest BCUT2D eigenvalue weighted by Gasteiger charge is 2.65. The molecule has 3 aliphatic rings. The molecule has 2 bridgehead atoms. The number of likely N-dealkylation sites (tertiary alicyclic amines) is 1. The zero-order chi connectivity index (χ0) is 27.2. The first-order valence-corrected chi connectivity index (χ1v) is 13.9. The van der Waals surface area contributed by atoms with Gasteiger partial charge in [-0.25, -0.2) is 0 Å². The second kappa shape index (κ2) is 10.0. The highest BCUT2D eigenvalue weighted by molar-refractivity contribution is 5.76. The third-order valence-electron chi connectivity index (χ3n) is 9.91. The number of carbonyl (C=O) groups is 1. The predicted octanol–water partition coefficient (Wildman–Crippen LogP) is 4.45. The maximum Gasteiger partial charge on any atom is 0.222 e. The molecule has 2 aliphatic carbocycles. The van der Waals surface area contributed by atoms with Crippen LogP contribution in [0.3, 0.4) is 0 Å². The molecular weight excluding hydrogens is 476 g/mol. The smallest absolute Gasteiger partial charge is 0.222 e. The zero-order valence-electron chi connectivity index (χ0n) is 23.3. The molecule has 0 radical (unpaired) electrons. The van der Waals surface area contributed by atoms with Crippen LogP contribution in [-0.4, -0.2) is 70.9 Å². The van der Waals surface area contributed by atoms with Gasteiger partial charge >= 0.3 is 0 Å². The summed E-state index contributed by atoms with van der Waals surface area (Å²) in [6.07, 6.45) is 6.53. The van der Waals surface area contributed by atoms with E-state index in [9.17, 15) is 15.0 Å². The molecule has 204 valence electrons. The first kappa shape index (κ1) is 26.8. The topological polar surface area (TPSA) is 73.2 Å². The number of nitrogens with zero attached hydrogens (tertiary/aromatic N) is 2. The van der Waals surface area contributed by atoms with Crippen molar-refractivity contribution in [1.29, 1.82) is 0 Å². The van der Waals surface area contributed by atoms with Crippen LogP contribution in [0.5, 0.6) is 11.5 Å². The number of fused-ring (bicyclic) bond motifs is 1. The van der Waals surface area contributed by atoms with Gasteiger partial charge in [0.25, 0.3) is 0 Å². The van der Waals surface area contributed by atoms with Crippen LogP contribution in [0, 0.1) is 13.8 Å². The van der Waals surface area contributed by atoms with Crippen LogP contribution in [0.1, 0.15) is 59.9 Å². The van der Waals surface area contributed by atoms with Gasteiger partial charge in [0.1, 0.15) is 0 Å². The minimum absolute atomic E-state index is 0.00661. The Kier molecular flexibility index (Phi) is 7.08. The van der Waals surface area contributed by atoms with Crippen molar-refractivity contribution in [1.82, 2.24) is 9.80 Å². The first-order valence-electron chi connectivity index (χ1n) is 13.9. The third-order valence-corrected chi connectivity index (χ3v) is 9.91. The van der Waals surface area contributed by atoms with Crippen LogP contribution >= 0.6 is 0 Å². The quantitative estimate of drug-likeness (QED) is 0.530. The Hall–Kier alpha value is -2.83. The van der Waals surface area contributed by atoms with Crippen molar-refractivity contribution in [3.8, 4) is 11.5 Å². The van der Waals surface area contributed by atoms with Gasteiger partial charge < -0.3 is 19.8 Å². The van der Waals surface area contributed by atoms with Gasteiger partial charge in [0.2, 0.25) is 5.91 Å². The Morgan fingerprint density at radius 1 is 1.24 bits per heavy atom. The van der Waals surface area contributed by atoms with Gasteiger partial charge in [-0.15, -0.1) is 6.58 Å². The maximum atomic E-state index is 13.4. The molecule has 1 heterocycles. The van der Waals surface area contributed by atoms with E-state index in [2.05, 4.69) is 43.5 Å². The fourth-order valence-electron chi connectivity index (χ4n) is 7.67. The van der Waals surface area contributed by atoms with Crippen molar-refractivity contribution in [3.05, 3.63) is 70.8 Å². The Morgan fingerprint density at radius 3 is 2.74 bits per heavy atom. The van der Waals surface area contributed by atoms with Crippen molar-refractivity contribution in [2.45, 2.75) is 81.9 Å². The van der Waals surface area contributed by atoms with Crippen molar-refractivity contribution >= 4 is 5.91 Å². The van der Waals surface area contributed by atoms with E-state index in [-0.39, 0.29) is 23.7 Å². The summed E-state index contributed by atoms with van der Waals surface area (Å²) in [6, 6.07) is 10.1. The summed E-state index contributed by atoms with van der Waals surface area (Å²) in [7, 11) is 3.51. The summed E-state index contributed by atoms with van der Waals surface area (Å²) in [5.41, 5.74) is 4.19. The minimum atomic E-state index is -0.970. The first-order chi connectivity index (χ1) is 18.1. The van der Waals surface area contributed by atoms with Crippen LogP contribution < -0.4 is 4.74 Å². The average Bonchev–Trinajstić information content (AvgIpc) is 2.90. The summed E-state index contributed by atoms with van der Waals surface area (Å²) in [6.45, 7) is 9.72. The maximum absolute atomic E-state index is 13.4. The minimum Gasteiger partial charge on any atom is -0.504 e. The SMILES string of the molecule is C=CCN1CC[C@]23CC(N(C)C(=O)CCc4ccc(C)c(C)c4)CC[C@@]2(O)[C@H]1Cc1ccc(O)c(OC)c13. The summed E-state index contributed by atoms with van der Waals surface area (Å²) < 4.78 is 5.78. The number of piperidine rings is 1. The van der Waals surface area contributed by atoms with Crippen molar-refractivity contribution in [2.75, 3.05) is 27.2 Å². The van der Waals surface area contributed by atoms with E-state index in [4.69, 9.17) is 4.74 Å². The van der Waals surface area contributed by atoms with Crippen LogP contribution in [0.25, 0.3) is 0 Å². The molecule has 38 heavy (non-hydrogen) atoms. The van der Waals surface area contributed by atoms with Crippen LogP contribution in [0.4, 0.5) is 0 Å². The number of amides is 1. The molecule has 5 rings (SSSR count). The van der Waals surface area contributed by atoms with E-state index in [1.807, 2.05) is 24.1 Å².